The second-order valence-corrected chi connectivity index (χ2v) is 7.48. The highest BCUT2D eigenvalue weighted by molar-refractivity contribution is 6.01. The van der Waals surface area contributed by atoms with Gasteiger partial charge in [0.15, 0.2) is 11.3 Å². The molecule has 9 heteroatoms. The van der Waals surface area contributed by atoms with Gasteiger partial charge < -0.3 is 9.84 Å². The summed E-state index contributed by atoms with van der Waals surface area (Å²) < 4.78 is 5.41. The molecule has 1 aromatic rings. The highest BCUT2D eigenvalue weighted by Gasteiger charge is 2.53. The molecule has 1 saturated heterocycles. The molecule has 0 aliphatic carbocycles. The summed E-state index contributed by atoms with van der Waals surface area (Å²) in [4.78, 5) is 48.3. The van der Waals surface area contributed by atoms with Crippen LogP contribution in [0.25, 0.3) is 0 Å². The summed E-state index contributed by atoms with van der Waals surface area (Å²) in [6, 6.07) is 4.97. The zero-order valence-electron chi connectivity index (χ0n) is 15.4. The molecule has 1 amide bonds. The molecule has 0 spiro atoms. The van der Waals surface area contributed by atoms with Gasteiger partial charge in [-0.1, -0.05) is 0 Å². The SMILES string of the molecule is CC(C)(C)OC(=O)C1(CC(=O)c2ccc([N+](=O)[O-])cc2)CCCN1C(=O)O. The third-order valence-corrected chi connectivity index (χ3v) is 4.35. The summed E-state index contributed by atoms with van der Waals surface area (Å²) in [6.45, 7) is 5.12. The first-order valence-electron chi connectivity index (χ1n) is 8.48. The Kier molecular flexibility index (Phi) is 5.53. The van der Waals surface area contributed by atoms with E-state index in [1.165, 1.54) is 24.3 Å². The summed E-state index contributed by atoms with van der Waals surface area (Å²) in [6.07, 6.45) is -1.08. The number of ketones is 1. The van der Waals surface area contributed by atoms with Gasteiger partial charge in [-0.25, -0.2) is 9.59 Å². The van der Waals surface area contributed by atoms with Crippen LogP contribution < -0.4 is 0 Å². The number of nitro benzene ring substituents is 1. The third-order valence-electron chi connectivity index (χ3n) is 4.35. The van der Waals surface area contributed by atoms with E-state index in [-0.39, 0.29) is 30.6 Å². The number of carboxylic acid groups (broad SMARTS) is 1. The van der Waals surface area contributed by atoms with Crippen LogP contribution in [0, 0.1) is 10.1 Å². The van der Waals surface area contributed by atoms with Crippen LogP contribution >= 0.6 is 0 Å². The smallest absolute Gasteiger partial charge is 0.408 e. The largest absolute Gasteiger partial charge is 0.465 e. The molecule has 9 nitrogen and oxygen atoms in total. The Morgan fingerprint density at radius 2 is 1.85 bits per heavy atom. The van der Waals surface area contributed by atoms with Crippen LogP contribution in [0.2, 0.25) is 0 Å². The molecule has 1 aliphatic rings. The quantitative estimate of drug-likeness (QED) is 0.361. The molecule has 1 heterocycles. The van der Waals surface area contributed by atoms with Gasteiger partial charge in [-0.3, -0.25) is 19.8 Å². The number of carbonyl (C=O) groups excluding carboxylic acids is 2. The number of hydrogen-bond acceptors (Lipinski definition) is 6. The molecule has 0 saturated carbocycles. The van der Waals surface area contributed by atoms with E-state index in [0.29, 0.717) is 6.42 Å². The summed E-state index contributed by atoms with van der Waals surface area (Å²) >= 11 is 0. The fourth-order valence-corrected chi connectivity index (χ4v) is 3.14. The molecule has 146 valence electrons. The van der Waals surface area contributed by atoms with Crippen molar-refractivity contribution in [2.75, 3.05) is 6.54 Å². The molecule has 1 aromatic carbocycles. The molecule has 1 atom stereocenters. The van der Waals surface area contributed by atoms with E-state index in [1.54, 1.807) is 20.8 Å². The van der Waals surface area contributed by atoms with Crippen molar-refractivity contribution in [3.05, 3.63) is 39.9 Å². The molecule has 0 radical (unpaired) electrons. The maximum Gasteiger partial charge on any atom is 0.408 e. The van der Waals surface area contributed by atoms with E-state index in [4.69, 9.17) is 4.74 Å². The van der Waals surface area contributed by atoms with Gasteiger partial charge in [-0.2, -0.15) is 0 Å². The van der Waals surface area contributed by atoms with E-state index >= 15 is 0 Å². The van der Waals surface area contributed by atoms with E-state index < -0.39 is 33.9 Å². The third kappa shape index (κ3) is 4.42. The van der Waals surface area contributed by atoms with Crippen LogP contribution in [0.15, 0.2) is 24.3 Å². The number of non-ortho nitro benzene ring substituents is 1. The number of Topliss-reactive ketones (excluding diaryl/α,β-unsaturated/α-hetero) is 1. The lowest BCUT2D eigenvalue weighted by Crippen LogP contribution is -2.55. The summed E-state index contributed by atoms with van der Waals surface area (Å²) in [5.41, 5.74) is -2.44. The average molecular weight is 378 g/mol. The molecule has 1 unspecified atom stereocenters. The molecule has 0 aromatic heterocycles. The maximum absolute atomic E-state index is 12.8. The van der Waals surface area contributed by atoms with Gasteiger partial charge >= 0.3 is 12.1 Å². The number of likely N-dealkylation sites (tertiary alicyclic amines) is 1. The first-order valence-corrected chi connectivity index (χ1v) is 8.48. The van der Waals surface area contributed by atoms with Crippen molar-refractivity contribution in [3.8, 4) is 0 Å². The predicted molar refractivity (Wildman–Crippen MR) is 94.6 cm³/mol. The van der Waals surface area contributed by atoms with Crippen LogP contribution in [0.5, 0.6) is 0 Å². The van der Waals surface area contributed by atoms with Crippen LogP contribution in [-0.2, 0) is 9.53 Å². The Morgan fingerprint density at radius 1 is 1.26 bits per heavy atom. The highest BCUT2D eigenvalue weighted by atomic mass is 16.6. The second kappa shape index (κ2) is 7.34. The normalized spacial score (nSPS) is 19.6. The second-order valence-electron chi connectivity index (χ2n) is 7.48. The lowest BCUT2D eigenvalue weighted by Gasteiger charge is -2.36. The standard InChI is InChI=1S/C18H22N2O7/c1-17(2,3)27-15(22)18(9-4-10-19(18)16(23)24)11-14(21)12-5-7-13(8-6-12)20(25)26/h5-8H,4,9-11H2,1-3H3,(H,23,24). The molecule has 27 heavy (non-hydrogen) atoms. The number of ether oxygens (including phenoxy) is 1. The predicted octanol–water partition coefficient (Wildman–Crippen LogP) is 3.02. The van der Waals surface area contributed by atoms with Gasteiger partial charge in [-0.05, 0) is 45.7 Å². The Bertz CT molecular complexity index is 767. The zero-order valence-corrected chi connectivity index (χ0v) is 15.4. The van der Waals surface area contributed by atoms with Crippen molar-refractivity contribution in [1.29, 1.82) is 0 Å². The number of carbonyl (C=O) groups is 3. The van der Waals surface area contributed by atoms with Gasteiger partial charge in [0.05, 0.1) is 4.92 Å². The number of nitrogens with zero attached hydrogens (tertiary/aromatic N) is 2. The first kappa shape index (κ1) is 20.3. The summed E-state index contributed by atoms with van der Waals surface area (Å²) in [7, 11) is 0. The number of amides is 1. The molecule has 2 rings (SSSR count). The van der Waals surface area contributed by atoms with Gasteiger partial charge in [0.25, 0.3) is 5.69 Å². The van der Waals surface area contributed by atoms with Crippen LogP contribution in [0.4, 0.5) is 10.5 Å². The lowest BCUT2D eigenvalue weighted by molar-refractivity contribution is -0.384. The Hall–Kier alpha value is -2.97. The molecular formula is C18H22N2O7. The molecule has 1 aliphatic heterocycles. The number of esters is 1. The fourth-order valence-electron chi connectivity index (χ4n) is 3.14. The van der Waals surface area contributed by atoms with E-state index in [1.807, 2.05) is 0 Å². The minimum absolute atomic E-state index is 0.127. The van der Waals surface area contributed by atoms with Crippen molar-refractivity contribution >= 4 is 23.5 Å². The van der Waals surface area contributed by atoms with Crippen molar-refractivity contribution in [3.63, 3.8) is 0 Å². The van der Waals surface area contributed by atoms with E-state index in [2.05, 4.69) is 0 Å². The van der Waals surface area contributed by atoms with Gasteiger partial charge in [-0.15, -0.1) is 0 Å². The molecular weight excluding hydrogens is 356 g/mol. The monoisotopic (exact) mass is 378 g/mol. The summed E-state index contributed by atoms with van der Waals surface area (Å²) in [5, 5.41) is 20.2. The number of nitro groups is 1. The van der Waals surface area contributed by atoms with Gasteiger partial charge in [0.2, 0.25) is 0 Å². The maximum atomic E-state index is 12.8. The van der Waals surface area contributed by atoms with Gasteiger partial charge in [0, 0.05) is 30.7 Å². The zero-order chi connectivity index (χ0) is 20.4. The van der Waals surface area contributed by atoms with Crippen molar-refractivity contribution < 1.29 is 29.2 Å². The lowest BCUT2D eigenvalue weighted by atomic mass is 9.87. The van der Waals surface area contributed by atoms with E-state index in [0.717, 1.165) is 4.90 Å². The van der Waals surface area contributed by atoms with Gasteiger partial charge in [0.1, 0.15) is 5.60 Å². The minimum Gasteiger partial charge on any atom is -0.465 e. The number of benzene rings is 1. The van der Waals surface area contributed by atoms with Crippen molar-refractivity contribution in [1.82, 2.24) is 4.90 Å². The Balaban J connectivity index is 2.34. The van der Waals surface area contributed by atoms with E-state index in [9.17, 15) is 29.6 Å². The van der Waals surface area contributed by atoms with Crippen LogP contribution in [-0.4, -0.2) is 50.5 Å². The van der Waals surface area contributed by atoms with Crippen molar-refractivity contribution in [2.24, 2.45) is 0 Å². The highest BCUT2D eigenvalue weighted by Crippen LogP contribution is 2.36. The molecule has 1 fully saturated rings. The summed E-state index contributed by atoms with van der Waals surface area (Å²) in [5.74, 6) is -1.24. The topological polar surface area (TPSA) is 127 Å². The van der Waals surface area contributed by atoms with Crippen LogP contribution in [0.1, 0.15) is 50.4 Å². The fraction of sp³-hybridized carbons (Fsp3) is 0.500. The number of rotatable bonds is 5. The first-order chi connectivity index (χ1) is 12.5. The number of hydrogen-bond donors (Lipinski definition) is 1. The van der Waals surface area contributed by atoms with Crippen molar-refractivity contribution in [2.45, 2.75) is 51.2 Å². The molecule has 0 bridgehead atoms. The minimum atomic E-state index is -1.60. The Labute approximate surface area is 156 Å². The average Bonchev–Trinajstić information content (AvgIpc) is 2.98. The molecule has 1 N–H and O–H groups in total. The Morgan fingerprint density at radius 3 is 2.33 bits per heavy atom. The van der Waals surface area contributed by atoms with Crippen LogP contribution in [0.3, 0.4) is 0 Å².